The van der Waals surface area contributed by atoms with Crippen LogP contribution in [0.4, 0.5) is 0 Å². The fraction of sp³-hybridized carbons (Fsp3) is 0.286. The number of rotatable bonds is 2. The van der Waals surface area contributed by atoms with Gasteiger partial charge in [-0.1, -0.05) is 32.9 Å². The van der Waals surface area contributed by atoms with Crippen molar-refractivity contribution < 1.29 is 8.42 Å². The second-order valence-electron chi connectivity index (χ2n) is 5.61. The van der Waals surface area contributed by atoms with Crippen LogP contribution in [0.2, 0.25) is 0 Å². The molecule has 2 N–H and O–H groups in total. The van der Waals surface area contributed by atoms with Crippen LogP contribution >= 0.6 is 0 Å². The molecule has 0 saturated heterocycles. The summed E-state index contributed by atoms with van der Waals surface area (Å²) in [4.78, 5) is 8.78. The highest BCUT2D eigenvalue weighted by atomic mass is 32.2. The predicted octanol–water partition coefficient (Wildman–Crippen LogP) is 2.09. The Morgan fingerprint density at radius 1 is 0.950 bits per heavy atom. The summed E-state index contributed by atoms with van der Waals surface area (Å²) >= 11 is 0. The van der Waals surface area contributed by atoms with Crippen molar-refractivity contribution in [3.63, 3.8) is 0 Å². The average molecular weight is 291 g/mol. The first-order valence-corrected chi connectivity index (χ1v) is 7.68. The Hall–Kier alpha value is -1.79. The van der Waals surface area contributed by atoms with Crippen molar-refractivity contribution in [2.24, 2.45) is 5.14 Å². The van der Waals surface area contributed by atoms with E-state index in [1.165, 1.54) is 12.1 Å². The SMILES string of the molecule is CC(C)(C)c1ncc(-c2ccc(S(N)(=O)=O)cc2)cn1. The van der Waals surface area contributed by atoms with Gasteiger partial charge >= 0.3 is 0 Å². The Balaban J connectivity index is 2.33. The van der Waals surface area contributed by atoms with Gasteiger partial charge in [-0.25, -0.2) is 23.5 Å². The zero-order chi connectivity index (χ0) is 15.0. The monoisotopic (exact) mass is 291 g/mol. The summed E-state index contributed by atoms with van der Waals surface area (Å²) in [7, 11) is -3.66. The fourth-order valence-electron chi connectivity index (χ4n) is 1.70. The van der Waals surface area contributed by atoms with Gasteiger partial charge in [0.1, 0.15) is 5.82 Å². The number of benzene rings is 1. The van der Waals surface area contributed by atoms with Gasteiger partial charge in [-0.3, -0.25) is 0 Å². The van der Waals surface area contributed by atoms with Crippen LogP contribution in [0.5, 0.6) is 0 Å². The molecule has 2 aromatic rings. The van der Waals surface area contributed by atoms with Crippen LogP contribution in [-0.2, 0) is 15.4 Å². The highest BCUT2D eigenvalue weighted by Gasteiger charge is 2.16. The van der Waals surface area contributed by atoms with E-state index in [9.17, 15) is 8.42 Å². The van der Waals surface area contributed by atoms with E-state index in [1.54, 1.807) is 24.5 Å². The van der Waals surface area contributed by atoms with Gasteiger partial charge in [-0.15, -0.1) is 0 Å². The van der Waals surface area contributed by atoms with Gasteiger partial charge in [0, 0.05) is 23.4 Å². The summed E-state index contributed by atoms with van der Waals surface area (Å²) in [6.45, 7) is 6.13. The highest BCUT2D eigenvalue weighted by molar-refractivity contribution is 7.89. The van der Waals surface area contributed by atoms with Crippen molar-refractivity contribution >= 4 is 10.0 Å². The van der Waals surface area contributed by atoms with Gasteiger partial charge in [-0.05, 0) is 17.7 Å². The quantitative estimate of drug-likeness (QED) is 0.918. The number of nitrogens with zero attached hydrogens (tertiary/aromatic N) is 2. The number of nitrogens with two attached hydrogens (primary N) is 1. The smallest absolute Gasteiger partial charge is 0.238 e. The molecule has 0 spiro atoms. The molecule has 1 aromatic carbocycles. The molecule has 1 heterocycles. The van der Waals surface area contributed by atoms with Crippen LogP contribution < -0.4 is 5.14 Å². The number of hydrogen-bond acceptors (Lipinski definition) is 4. The van der Waals surface area contributed by atoms with Gasteiger partial charge in [-0.2, -0.15) is 0 Å². The van der Waals surface area contributed by atoms with Crippen molar-refractivity contribution in [1.82, 2.24) is 9.97 Å². The van der Waals surface area contributed by atoms with Crippen molar-refractivity contribution in [3.05, 3.63) is 42.5 Å². The van der Waals surface area contributed by atoms with Crippen LogP contribution in [-0.4, -0.2) is 18.4 Å². The van der Waals surface area contributed by atoms with Crippen molar-refractivity contribution in [3.8, 4) is 11.1 Å². The summed E-state index contributed by atoms with van der Waals surface area (Å²) in [5.41, 5.74) is 1.58. The Morgan fingerprint density at radius 2 is 1.45 bits per heavy atom. The van der Waals surface area contributed by atoms with E-state index in [4.69, 9.17) is 5.14 Å². The molecule has 0 aliphatic rings. The first kappa shape index (κ1) is 14.6. The molecule has 0 bridgehead atoms. The number of sulfonamides is 1. The molecule has 0 fully saturated rings. The Labute approximate surface area is 118 Å². The first-order chi connectivity index (χ1) is 9.18. The van der Waals surface area contributed by atoms with E-state index in [0.29, 0.717) is 0 Å². The molecule has 0 aliphatic carbocycles. The zero-order valence-electron chi connectivity index (χ0n) is 11.7. The third kappa shape index (κ3) is 3.20. The topological polar surface area (TPSA) is 85.9 Å². The first-order valence-electron chi connectivity index (χ1n) is 6.14. The molecular formula is C14H17N3O2S. The lowest BCUT2D eigenvalue weighted by Gasteiger charge is -2.16. The van der Waals surface area contributed by atoms with Crippen LogP contribution in [0, 0.1) is 0 Å². The van der Waals surface area contributed by atoms with Gasteiger partial charge < -0.3 is 0 Å². The lowest BCUT2D eigenvalue weighted by molar-refractivity contribution is 0.545. The minimum absolute atomic E-state index is 0.0912. The zero-order valence-corrected chi connectivity index (χ0v) is 12.5. The molecule has 1 aromatic heterocycles. The molecule has 2 rings (SSSR count). The summed E-state index contributed by atoms with van der Waals surface area (Å²) in [5.74, 6) is 0.766. The Morgan fingerprint density at radius 3 is 1.85 bits per heavy atom. The maximum Gasteiger partial charge on any atom is 0.238 e. The summed E-state index contributed by atoms with van der Waals surface area (Å²) in [6.07, 6.45) is 3.47. The maximum atomic E-state index is 11.2. The van der Waals surface area contributed by atoms with E-state index in [1.807, 2.05) is 20.8 Å². The Bertz CT molecular complexity index is 700. The summed E-state index contributed by atoms with van der Waals surface area (Å²) in [5, 5.41) is 5.06. The van der Waals surface area contributed by atoms with Gasteiger partial charge in [0.2, 0.25) is 10.0 Å². The third-order valence-corrected chi connectivity index (χ3v) is 3.77. The molecule has 0 radical (unpaired) electrons. The van der Waals surface area contributed by atoms with E-state index in [-0.39, 0.29) is 10.3 Å². The molecule has 0 unspecified atom stereocenters. The second-order valence-corrected chi connectivity index (χ2v) is 7.18. The highest BCUT2D eigenvalue weighted by Crippen LogP contribution is 2.22. The van der Waals surface area contributed by atoms with Crippen LogP contribution in [0.1, 0.15) is 26.6 Å². The third-order valence-electron chi connectivity index (χ3n) is 2.84. The van der Waals surface area contributed by atoms with Crippen LogP contribution in [0.3, 0.4) is 0 Å². The molecule has 0 aliphatic heterocycles. The number of primary sulfonamides is 1. The van der Waals surface area contributed by atoms with E-state index < -0.39 is 10.0 Å². The van der Waals surface area contributed by atoms with E-state index in [0.717, 1.165) is 17.0 Å². The van der Waals surface area contributed by atoms with Crippen molar-refractivity contribution in [2.75, 3.05) is 0 Å². The van der Waals surface area contributed by atoms with Gasteiger partial charge in [0.15, 0.2) is 0 Å². The standard InChI is InChI=1S/C14H17N3O2S/c1-14(2,3)13-16-8-11(9-17-13)10-4-6-12(7-5-10)20(15,18)19/h4-9H,1-3H3,(H2,15,18,19). The molecule has 5 nitrogen and oxygen atoms in total. The van der Waals surface area contributed by atoms with Crippen LogP contribution in [0.15, 0.2) is 41.6 Å². The van der Waals surface area contributed by atoms with Crippen molar-refractivity contribution in [1.29, 1.82) is 0 Å². The number of hydrogen-bond donors (Lipinski definition) is 1. The second kappa shape index (κ2) is 4.96. The maximum absolute atomic E-state index is 11.2. The molecule has 6 heteroatoms. The Kier molecular flexibility index (Phi) is 3.62. The molecule has 20 heavy (non-hydrogen) atoms. The van der Waals surface area contributed by atoms with Crippen LogP contribution in [0.25, 0.3) is 11.1 Å². The molecule has 0 saturated carbocycles. The molecule has 0 amide bonds. The predicted molar refractivity (Wildman–Crippen MR) is 77.5 cm³/mol. The number of aromatic nitrogens is 2. The van der Waals surface area contributed by atoms with Crippen molar-refractivity contribution in [2.45, 2.75) is 31.1 Å². The van der Waals surface area contributed by atoms with Gasteiger partial charge in [0.05, 0.1) is 4.90 Å². The van der Waals surface area contributed by atoms with Gasteiger partial charge in [0.25, 0.3) is 0 Å². The lowest BCUT2D eigenvalue weighted by Crippen LogP contribution is -2.15. The fourth-order valence-corrected chi connectivity index (χ4v) is 2.22. The summed E-state index contributed by atoms with van der Waals surface area (Å²) < 4.78 is 22.4. The molecule has 106 valence electrons. The minimum Gasteiger partial charge on any atom is -0.240 e. The minimum atomic E-state index is -3.66. The lowest BCUT2D eigenvalue weighted by atomic mass is 9.95. The average Bonchev–Trinajstić information content (AvgIpc) is 2.37. The normalized spacial score (nSPS) is 12.4. The largest absolute Gasteiger partial charge is 0.240 e. The van der Waals surface area contributed by atoms with E-state index in [2.05, 4.69) is 9.97 Å². The molecule has 0 atom stereocenters. The summed E-state index contributed by atoms with van der Waals surface area (Å²) in [6, 6.07) is 6.33. The molecular weight excluding hydrogens is 274 g/mol. The van der Waals surface area contributed by atoms with E-state index >= 15 is 0 Å².